The molecule has 0 aliphatic heterocycles. The van der Waals surface area contributed by atoms with Gasteiger partial charge in [0.2, 0.25) is 0 Å². The van der Waals surface area contributed by atoms with Crippen molar-refractivity contribution in [2.24, 2.45) is 0 Å². The van der Waals surface area contributed by atoms with Crippen LogP contribution in [0, 0.1) is 5.82 Å². The van der Waals surface area contributed by atoms with Crippen LogP contribution >= 0.6 is 11.6 Å². The van der Waals surface area contributed by atoms with Crippen molar-refractivity contribution >= 4 is 29.1 Å². The topological polar surface area (TPSA) is 70.2 Å². The summed E-state index contributed by atoms with van der Waals surface area (Å²) in [5, 5.41) is 2.96. The number of hydrazine groups is 1. The van der Waals surface area contributed by atoms with Gasteiger partial charge >= 0.3 is 0 Å². The van der Waals surface area contributed by atoms with E-state index >= 15 is 0 Å². The Balaban J connectivity index is 1.78. The summed E-state index contributed by atoms with van der Waals surface area (Å²) in [6.45, 7) is -0.218. The van der Waals surface area contributed by atoms with Crippen molar-refractivity contribution in [3.8, 4) is 0 Å². The Kier molecular flexibility index (Phi) is 5.32. The number of amides is 2. The van der Waals surface area contributed by atoms with Gasteiger partial charge in [0.15, 0.2) is 0 Å². The first-order valence-electron chi connectivity index (χ1n) is 6.39. The van der Waals surface area contributed by atoms with E-state index in [0.717, 1.165) is 0 Å². The van der Waals surface area contributed by atoms with Gasteiger partial charge in [-0.25, -0.2) is 4.39 Å². The van der Waals surface area contributed by atoms with Crippen molar-refractivity contribution in [2.45, 2.75) is 0 Å². The Morgan fingerprint density at radius 3 is 2.50 bits per heavy atom. The molecule has 0 aliphatic rings. The maximum Gasteiger partial charge on any atom is 0.257 e. The average molecular weight is 322 g/mol. The third kappa shape index (κ3) is 4.75. The second-order valence-corrected chi connectivity index (χ2v) is 4.81. The van der Waals surface area contributed by atoms with Crippen molar-refractivity contribution in [3.63, 3.8) is 0 Å². The molecule has 0 aromatic heterocycles. The monoisotopic (exact) mass is 321 g/mol. The van der Waals surface area contributed by atoms with Gasteiger partial charge in [-0.2, -0.15) is 0 Å². The predicted octanol–water partition coefficient (Wildman–Crippen LogP) is 2.35. The van der Waals surface area contributed by atoms with Crippen molar-refractivity contribution < 1.29 is 14.0 Å². The average Bonchev–Trinajstić information content (AvgIpc) is 2.51. The van der Waals surface area contributed by atoms with E-state index in [2.05, 4.69) is 16.2 Å². The zero-order chi connectivity index (χ0) is 15.9. The molecule has 0 radical (unpaired) electrons. The minimum Gasteiger partial charge on any atom is -0.343 e. The molecule has 2 amide bonds. The van der Waals surface area contributed by atoms with Crippen molar-refractivity contribution in [1.82, 2.24) is 10.7 Å². The highest BCUT2D eigenvalue weighted by Crippen LogP contribution is 2.13. The van der Waals surface area contributed by atoms with Crippen LogP contribution in [0.3, 0.4) is 0 Å². The quantitative estimate of drug-likeness (QED) is 0.740. The molecule has 0 saturated heterocycles. The molecule has 114 valence electrons. The van der Waals surface area contributed by atoms with Gasteiger partial charge in [-0.1, -0.05) is 17.7 Å². The van der Waals surface area contributed by atoms with E-state index in [0.29, 0.717) is 10.7 Å². The fourth-order valence-electron chi connectivity index (χ4n) is 1.62. The van der Waals surface area contributed by atoms with Crippen LogP contribution in [0.1, 0.15) is 10.4 Å². The van der Waals surface area contributed by atoms with Crippen LogP contribution in [0.2, 0.25) is 5.02 Å². The van der Waals surface area contributed by atoms with E-state index in [9.17, 15) is 14.0 Å². The summed E-state index contributed by atoms with van der Waals surface area (Å²) in [6, 6.07) is 11.8. The number of carbonyl (C=O) groups excluding carboxylic acids is 2. The number of benzene rings is 2. The number of hydrogen-bond acceptors (Lipinski definition) is 3. The molecule has 2 aromatic rings. The van der Waals surface area contributed by atoms with Gasteiger partial charge in [-0.3, -0.25) is 20.4 Å². The molecule has 0 aliphatic carbocycles. The Hall–Kier alpha value is -2.60. The van der Waals surface area contributed by atoms with Gasteiger partial charge in [-0.05, 0) is 42.5 Å². The van der Waals surface area contributed by atoms with Crippen LogP contribution < -0.4 is 16.2 Å². The zero-order valence-corrected chi connectivity index (χ0v) is 12.2. The third-order valence-electron chi connectivity index (χ3n) is 2.69. The highest BCUT2D eigenvalue weighted by Gasteiger charge is 2.07. The minimum atomic E-state index is -0.460. The first-order valence-corrected chi connectivity index (χ1v) is 6.76. The van der Waals surface area contributed by atoms with Gasteiger partial charge in [0.1, 0.15) is 5.82 Å². The highest BCUT2D eigenvalue weighted by atomic mass is 35.5. The summed E-state index contributed by atoms with van der Waals surface area (Å²) in [5.41, 5.74) is 5.98. The molecule has 22 heavy (non-hydrogen) atoms. The first-order chi connectivity index (χ1) is 10.5. The number of hydrogen-bond donors (Lipinski definition) is 3. The lowest BCUT2D eigenvalue weighted by Gasteiger charge is -2.09. The van der Waals surface area contributed by atoms with Gasteiger partial charge in [0, 0.05) is 10.6 Å². The van der Waals surface area contributed by atoms with E-state index < -0.39 is 17.6 Å². The van der Waals surface area contributed by atoms with E-state index in [1.807, 2.05) is 0 Å². The summed E-state index contributed by atoms with van der Waals surface area (Å²) >= 11 is 5.81. The lowest BCUT2D eigenvalue weighted by atomic mass is 10.2. The molecule has 0 spiro atoms. The molecule has 0 saturated carbocycles. The third-order valence-corrected chi connectivity index (χ3v) is 2.92. The van der Waals surface area contributed by atoms with Gasteiger partial charge in [-0.15, -0.1) is 0 Å². The predicted molar refractivity (Wildman–Crippen MR) is 82.0 cm³/mol. The number of carbonyl (C=O) groups is 2. The van der Waals surface area contributed by atoms with Gasteiger partial charge < -0.3 is 5.32 Å². The molecular weight excluding hydrogens is 309 g/mol. The fraction of sp³-hybridized carbons (Fsp3) is 0.0667. The number of anilines is 1. The summed E-state index contributed by atoms with van der Waals surface area (Å²) in [6.07, 6.45) is 0. The van der Waals surface area contributed by atoms with Crippen molar-refractivity contribution in [1.29, 1.82) is 0 Å². The maximum absolute atomic E-state index is 12.7. The minimum absolute atomic E-state index is 0.218. The van der Waals surface area contributed by atoms with E-state index in [1.165, 1.54) is 24.3 Å². The normalized spacial score (nSPS) is 9.91. The van der Waals surface area contributed by atoms with Crippen molar-refractivity contribution in [2.75, 3.05) is 12.0 Å². The van der Waals surface area contributed by atoms with Crippen molar-refractivity contribution in [3.05, 3.63) is 64.9 Å². The molecule has 7 heteroatoms. The zero-order valence-electron chi connectivity index (χ0n) is 11.4. The second kappa shape index (κ2) is 7.42. The molecular formula is C15H13ClFN3O2. The molecule has 2 rings (SSSR count). The SMILES string of the molecule is O=C(CNC(=O)c1ccc(F)cc1)NNc1cccc(Cl)c1. The van der Waals surface area contributed by atoms with Gasteiger partial charge in [0.05, 0.1) is 12.2 Å². The molecule has 0 atom stereocenters. The van der Waals surface area contributed by atoms with E-state index in [1.54, 1.807) is 24.3 Å². The molecule has 2 aromatic carbocycles. The molecule has 0 fully saturated rings. The summed E-state index contributed by atoms with van der Waals surface area (Å²) in [7, 11) is 0. The number of halogens is 2. The van der Waals surface area contributed by atoms with Crippen LogP contribution in [-0.4, -0.2) is 18.4 Å². The fourth-order valence-corrected chi connectivity index (χ4v) is 1.81. The van der Waals surface area contributed by atoms with E-state index in [-0.39, 0.29) is 12.1 Å². The Morgan fingerprint density at radius 2 is 1.82 bits per heavy atom. The van der Waals surface area contributed by atoms with Crippen LogP contribution in [-0.2, 0) is 4.79 Å². The number of rotatable bonds is 5. The molecule has 0 bridgehead atoms. The first kappa shape index (κ1) is 15.8. The van der Waals surface area contributed by atoms with Gasteiger partial charge in [0.25, 0.3) is 11.8 Å². The smallest absolute Gasteiger partial charge is 0.257 e. The molecule has 0 unspecified atom stereocenters. The highest BCUT2D eigenvalue weighted by molar-refractivity contribution is 6.30. The van der Waals surface area contributed by atoms with Crippen LogP contribution in [0.25, 0.3) is 0 Å². The van der Waals surface area contributed by atoms with E-state index in [4.69, 9.17) is 11.6 Å². The van der Waals surface area contributed by atoms with Crippen LogP contribution in [0.5, 0.6) is 0 Å². The molecule has 3 N–H and O–H groups in total. The summed E-state index contributed by atoms with van der Waals surface area (Å²) in [5.74, 6) is -1.33. The molecule has 0 heterocycles. The molecule has 5 nitrogen and oxygen atoms in total. The summed E-state index contributed by atoms with van der Waals surface area (Å²) in [4.78, 5) is 23.3. The standard InChI is InChI=1S/C15H13ClFN3O2/c16-11-2-1-3-13(8-11)19-20-14(21)9-18-15(22)10-4-6-12(17)7-5-10/h1-8,19H,9H2,(H,18,22)(H,20,21). The lowest BCUT2D eigenvalue weighted by Crippen LogP contribution is -2.39. The maximum atomic E-state index is 12.7. The summed E-state index contributed by atoms with van der Waals surface area (Å²) < 4.78 is 12.7. The van der Waals surface area contributed by atoms with Crippen LogP contribution in [0.15, 0.2) is 48.5 Å². The number of nitrogens with one attached hydrogen (secondary N) is 3. The Morgan fingerprint density at radius 1 is 1.09 bits per heavy atom. The largest absolute Gasteiger partial charge is 0.343 e. The second-order valence-electron chi connectivity index (χ2n) is 4.37. The van der Waals surface area contributed by atoms with Crippen LogP contribution in [0.4, 0.5) is 10.1 Å². The Labute approximate surface area is 131 Å². The lowest BCUT2D eigenvalue weighted by molar-refractivity contribution is -0.119. The Bertz CT molecular complexity index is 677.